The van der Waals surface area contributed by atoms with Gasteiger partial charge in [0, 0.05) is 19.8 Å². The summed E-state index contributed by atoms with van der Waals surface area (Å²) in [5.74, 6) is 0.337. The second-order valence-electron chi connectivity index (χ2n) is 8.71. The first kappa shape index (κ1) is 25.4. The molecule has 188 valence electrons. The number of rotatable bonds is 8. The van der Waals surface area contributed by atoms with Gasteiger partial charge in [0.25, 0.3) is 5.56 Å². The standard InChI is InChI=1S/C28H31N3O4S/c1-6-16-35-22-14-8-19(9-15-22)17-23-26(32)31-25(20-10-12-21(13-11-20)30(4)5)24(27(33)34-7-2)18(3)29-28(31)36-23/h8-15,17,25H,6-7,16H2,1-5H3/b23-17-/t25-/m1/s1. The molecule has 0 fully saturated rings. The number of hydrogen-bond donors (Lipinski definition) is 0. The molecule has 3 aromatic rings. The summed E-state index contributed by atoms with van der Waals surface area (Å²) in [6, 6.07) is 14.9. The van der Waals surface area contributed by atoms with Crippen LogP contribution in [0.1, 0.15) is 44.4 Å². The van der Waals surface area contributed by atoms with Crippen molar-refractivity contribution in [2.75, 3.05) is 32.2 Å². The largest absolute Gasteiger partial charge is 0.494 e. The Balaban J connectivity index is 1.83. The Hall–Kier alpha value is -3.65. The molecule has 0 N–H and O–H groups in total. The Morgan fingerprint density at radius 3 is 2.42 bits per heavy atom. The molecule has 7 nitrogen and oxygen atoms in total. The number of fused-ring (bicyclic) bond motifs is 1. The predicted molar refractivity (Wildman–Crippen MR) is 143 cm³/mol. The molecule has 4 rings (SSSR count). The molecule has 0 unspecified atom stereocenters. The number of ether oxygens (including phenoxy) is 2. The molecule has 2 heterocycles. The van der Waals surface area contributed by atoms with E-state index in [-0.39, 0.29) is 12.2 Å². The molecule has 2 aromatic carbocycles. The van der Waals surface area contributed by atoms with Crippen LogP contribution in [0.2, 0.25) is 0 Å². The van der Waals surface area contributed by atoms with Crippen LogP contribution in [-0.2, 0) is 9.53 Å². The normalized spacial score (nSPS) is 15.4. The molecule has 0 saturated heterocycles. The van der Waals surface area contributed by atoms with Crippen molar-refractivity contribution in [3.05, 3.63) is 90.6 Å². The maximum Gasteiger partial charge on any atom is 0.338 e. The third-order valence-electron chi connectivity index (χ3n) is 5.89. The van der Waals surface area contributed by atoms with Gasteiger partial charge in [0.05, 0.1) is 35.1 Å². The Morgan fingerprint density at radius 2 is 1.81 bits per heavy atom. The second kappa shape index (κ2) is 11.0. The maximum atomic E-state index is 13.7. The molecule has 0 amide bonds. The average Bonchev–Trinajstić information content (AvgIpc) is 3.17. The molecule has 1 aliphatic rings. The number of esters is 1. The number of benzene rings is 2. The topological polar surface area (TPSA) is 73.1 Å². The van der Waals surface area contributed by atoms with Crippen LogP contribution in [0, 0.1) is 0 Å². The van der Waals surface area contributed by atoms with Gasteiger partial charge in [-0.15, -0.1) is 0 Å². The number of anilines is 1. The fourth-order valence-corrected chi connectivity index (χ4v) is 5.14. The van der Waals surface area contributed by atoms with E-state index < -0.39 is 12.0 Å². The highest BCUT2D eigenvalue weighted by Gasteiger charge is 2.33. The fraction of sp³-hybridized carbons (Fsp3) is 0.321. The van der Waals surface area contributed by atoms with E-state index in [0.717, 1.165) is 29.0 Å². The SMILES string of the molecule is CCCOc1ccc(/C=c2\sc3n(c2=O)[C@H](c2ccc(N(C)C)cc2)C(C(=O)OCC)=C(C)N=3)cc1. The highest BCUT2D eigenvalue weighted by molar-refractivity contribution is 7.07. The van der Waals surface area contributed by atoms with Crippen LogP contribution in [-0.4, -0.2) is 37.8 Å². The van der Waals surface area contributed by atoms with Crippen LogP contribution in [0.5, 0.6) is 5.75 Å². The lowest BCUT2D eigenvalue weighted by atomic mass is 9.95. The summed E-state index contributed by atoms with van der Waals surface area (Å²) >= 11 is 1.31. The van der Waals surface area contributed by atoms with Gasteiger partial charge in [0.15, 0.2) is 4.80 Å². The number of hydrogen-bond acceptors (Lipinski definition) is 7. The Labute approximate surface area is 214 Å². The lowest BCUT2D eigenvalue weighted by Gasteiger charge is -2.25. The third kappa shape index (κ3) is 5.14. The van der Waals surface area contributed by atoms with Gasteiger partial charge in [-0.1, -0.05) is 42.5 Å². The molecule has 1 aliphatic heterocycles. The number of thiazole rings is 1. The first-order valence-electron chi connectivity index (χ1n) is 12.0. The first-order valence-corrected chi connectivity index (χ1v) is 12.9. The van der Waals surface area contributed by atoms with Crippen LogP contribution < -0.4 is 24.5 Å². The molecule has 0 spiro atoms. The summed E-state index contributed by atoms with van der Waals surface area (Å²) in [7, 11) is 3.93. The molecule has 8 heteroatoms. The summed E-state index contributed by atoms with van der Waals surface area (Å²) in [5, 5.41) is 0. The van der Waals surface area contributed by atoms with E-state index >= 15 is 0 Å². The van der Waals surface area contributed by atoms with E-state index in [4.69, 9.17) is 9.47 Å². The van der Waals surface area contributed by atoms with Crippen LogP contribution in [0.25, 0.3) is 6.08 Å². The minimum Gasteiger partial charge on any atom is -0.494 e. The summed E-state index contributed by atoms with van der Waals surface area (Å²) in [4.78, 5) is 33.9. The van der Waals surface area contributed by atoms with Crippen molar-refractivity contribution in [3.8, 4) is 5.75 Å². The zero-order chi connectivity index (χ0) is 25.8. The molecule has 0 saturated carbocycles. The van der Waals surface area contributed by atoms with Crippen molar-refractivity contribution in [2.24, 2.45) is 4.99 Å². The van der Waals surface area contributed by atoms with Crippen molar-refractivity contribution in [3.63, 3.8) is 0 Å². The summed E-state index contributed by atoms with van der Waals surface area (Å²) < 4.78 is 13.2. The number of carbonyl (C=O) groups is 1. The van der Waals surface area contributed by atoms with Crippen molar-refractivity contribution < 1.29 is 14.3 Å². The summed E-state index contributed by atoms with van der Waals surface area (Å²) in [6.45, 7) is 6.52. The van der Waals surface area contributed by atoms with Gasteiger partial charge in [-0.25, -0.2) is 9.79 Å². The number of aromatic nitrogens is 1. The lowest BCUT2D eigenvalue weighted by molar-refractivity contribution is -0.139. The van der Waals surface area contributed by atoms with E-state index in [9.17, 15) is 9.59 Å². The van der Waals surface area contributed by atoms with Gasteiger partial charge >= 0.3 is 5.97 Å². The van der Waals surface area contributed by atoms with Gasteiger partial charge in [-0.2, -0.15) is 0 Å². The Bertz CT molecular complexity index is 1450. The quantitative estimate of drug-likeness (QED) is 0.437. The summed E-state index contributed by atoms with van der Waals surface area (Å²) in [6.07, 6.45) is 2.79. The smallest absolute Gasteiger partial charge is 0.338 e. The molecular weight excluding hydrogens is 474 g/mol. The van der Waals surface area contributed by atoms with Gasteiger partial charge < -0.3 is 14.4 Å². The van der Waals surface area contributed by atoms with E-state index in [1.807, 2.05) is 73.6 Å². The highest BCUT2D eigenvalue weighted by Crippen LogP contribution is 2.31. The lowest BCUT2D eigenvalue weighted by Crippen LogP contribution is -2.39. The van der Waals surface area contributed by atoms with Gasteiger partial charge in [0.2, 0.25) is 0 Å². The predicted octanol–water partition coefficient (Wildman–Crippen LogP) is 3.65. The third-order valence-corrected chi connectivity index (χ3v) is 6.88. The monoisotopic (exact) mass is 505 g/mol. The van der Waals surface area contributed by atoms with Crippen LogP contribution in [0.15, 0.2) is 69.6 Å². The summed E-state index contributed by atoms with van der Waals surface area (Å²) in [5.41, 5.74) is 3.48. The van der Waals surface area contributed by atoms with Gasteiger partial charge in [-0.05, 0) is 61.7 Å². The molecule has 0 bridgehead atoms. The molecular formula is C28H31N3O4S. The van der Waals surface area contributed by atoms with Crippen LogP contribution in [0.3, 0.4) is 0 Å². The van der Waals surface area contributed by atoms with E-state index in [1.165, 1.54) is 11.3 Å². The number of carbonyl (C=O) groups excluding carboxylic acids is 1. The fourth-order valence-electron chi connectivity index (χ4n) is 4.09. The maximum absolute atomic E-state index is 13.7. The molecule has 0 aliphatic carbocycles. The number of allylic oxidation sites excluding steroid dienone is 1. The highest BCUT2D eigenvalue weighted by atomic mass is 32.1. The van der Waals surface area contributed by atoms with E-state index in [0.29, 0.717) is 27.2 Å². The van der Waals surface area contributed by atoms with Gasteiger partial charge in [0.1, 0.15) is 5.75 Å². The zero-order valence-corrected chi connectivity index (χ0v) is 22.1. The van der Waals surface area contributed by atoms with E-state index in [1.54, 1.807) is 18.4 Å². The van der Waals surface area contributed by atoms with Crippen molar-refractivity contribution in [2.45, 2.75) is 33.2 Å². The molecule has 1 aromatic heterocycles. The van der Waals surface area contributed by atoms with Gasteiger partial charge in [-0.3, -0.25) is 9.36 Å². The van der Waals surface area contributed by atoms with Crippen molar-refractivity contribution >= 4 is 29.1 Å². The average molecular weight is 506 g/mol. The van der Waals surface area contributed by atoms with Crippen molar-refractivity contribution in [1.82, 2.24) is 4.57 Å². The van der Waals surface area contributed by atoms with E-state index in [2.05, 4.69) is 11.9 Å². The van der Waals surface area contributed by atoms with Crippen molar-refractivity contribution in [1.29, 1.82) is 0 Å². The molecule has 0 radical (unpaired) electrons. The van der Waals surface area contributed by atoms with Crippen LogP contribution in [0.4, 0.5) is 5.69 Å². The molecule has 36 heavy (non-hydrogen) atoms. The first-order chi connectivity index (χ1) is 17.3. The van der Waals surface area contributed by atoms with Crippen LogP contribution >= 0.6 is 11.3 Å². The second-order valence-corrected chi connectivity index (χ2v) is 9.71. The Morgan fingerprint density at radius 1 is 1.11 bits per heavy atom. The minimum absolute atomic E-state index is 0.193. The zero-order valence-electron chi connectivity index (χ0n) is 21.3. The Kier molecular flexibility index (Phi) is 7.74. The minimum atomic E-state index is -0.622. The molecule has 1 atom stereocenters. The number of nitrogens with zero attached hydrogens (tertiary/aromatic N) is 3.